The lowest BCUT2D eigenvalue weighted by Crippen LogP contribution is -2.21. The summed E-state index contributed by atoms with van der Waals surface area (Å²) in [6.45, 7) is -0.202. The van der Waals surface area contributed by atoms with E-state index in [-0.39, 0.29) is 13.0 Å². The largest absolute Gasteiger partial charge is 0.497 e. The summed E-state index contributed by atoms with van der Waals surface area (Å²) in [5.41, 5.74) is 2.76. The first kappa shape index (κ1) is 21.4. The van der Waals surface area contributed by atoms with Gasteiger partial charge >= 0.3 is 5.97 Å². The summed E-state index contributed by atoms with van der Waals surface area (Å²) in [5.74, 6) is -0.400. The summed E-state index contributed by atoms with van der Waals surface area (Å²) in [6, 6.07) is 15.0. The SMILES string of the molecule is COc1ccc(CC(O)CO)cc1.O=C(O)C(O)Cc1c[nH]c2ccccc12. The third-order valence-electron chi connectivity index (χ3n) is 4.21. The second-order valence-electron chi connectivity index (χ2n) is 6.31. The number of para-hydroxylation sites is 1. The Morgan fingerprint density at radius 3 is 2.36 bits per heavy atom. The Morgan fingerprint density at radius 2 is 1.75 bits per heavy atom. The molecule has 3 rings (SSSR count). The number of H-pyrrole nitrogens is 1. The average Bonchev–Trinajstić information content (AvgIpc) is 3.12. The number of ether oxygens (including phenoxy) is 1. The zero-order valence-electron chi connectivity index (χ0n) is 15.6. The lowest BCUT2D eigenvalue weighted by atomic mass is 10.1. The maximum absolute atomic E-state index is 10.5. The van der Waals surface area contributed by atoms with Gasteiger partial charge in [-0.05, 0) is 29.3 Å². The molecule has 2 aromatic carbocycles. The molecule has 3 aromatic rings. The molecule has 1 heterocycles. The van der Waals surface area contributed by atoms with Gasteiger partial charge in [-0.1, -0.05) is 30.3 Å². The molecule has 0 saturated carbocycles. The number of carboxylic acids is 1. The molecule has 0 aliphatic heterocycles. The first-order valence-electron chi connectivity index (χ1n) is 8.82. The third kappa shape index (κ3) is 6.09. The highest BCUT2D eigenvalue weighted by molar-refractivity contribution is 5.84. The van der Waals surface area contributed by atoms with Gasteiger partial charge in [-0.3, -0.25) is 0 Å². The quantitative estimate of drug-likeness (QED) is 0.421. The van der Waals surface area contributed by atoms with Crippen molar-refractivity contribution in [3.8, 4) is 5.75 Å². The Hall–Kier alpha value is -2.87. The molecule has 28 heavy (non-hydrogen) atoms. The van der Waals surface area contributed by atoms with E-state index in [9.17, 15) is 9.90 Å². The Bertz CT molecular complexity index is 874. The molecule has 150 valence electrons. The zero-order chi connectivity index (χ0) is 20.5. The number of hydrogen-bond donors (Lipinski definition) is 5. The van der Waals surface area contributed by atoms with Crippen molar-refractivity contribution in [3.63, 3.8) is 0 Å². The second-order valence-corrected chi connectivity index (χ2v) is 6.31. The van der Waals surface area contributed by atoms with E-state index in [1.54, 1.807) is 13.3 Å². The van der Waals surface area contributed by atoms with Gasteiger partial charge in [0.2, 0.25) is 0 Å². The molecule has 0 fully saturated rings. The van der Waals surface area contributed by atoms with E-state index in [0.29, 0.717) is 6.42 Å². The van der Waals surface area contributed by atoms with Crippen LogP contribution in [0, 0.1) is 0 Å². The normalized spacial score (nSPS) is 12.7. The van der Waals surface area contributed by atoms with Crippen molar-refractivity contribution >= 4 is 16.9 Å². The molecule has 2 atom stereocenters. The third-order valence-corrected chi connectivity index (χ3v) is 4.21. The van der Waals surface area contributed by atoms with Crippen LogP contribution in [-0.4, -0.2) is 57.3 Å². The van der Waals surface area contributed by atoms with Crippen LogP contribution in [0.4, 0.5) is 0 Å². The molecule has 0 amide bonds. The number of carboxylic acid groups (broad SMARTS) is 1. The van der Waals surface area contributed by atoms with Gasteiger partial charge in [0.25, 0.3) is 0 Å². The highest BCUT2D eigenvalue weighted by Crippen LogP contribution is 2.19. The Labute approximate surface area is 162 Å². The van der Waals surface area contributed by atoms with Crippen molar-refractivity contribution in [1.82, 2.24) is 4.98 Å². The minimum absolute atomic E-state index is 0.124. The average molecular weight is 387 g/mol. The molecule has 7 heteroatoms. The molecule has 0 spiro atoms. The molecule has 0 bridgehead atoms. The number of nitrogens with one attached hydrogen (secondary N) is 1. The predicted octanol–water partition coefficient (Wildman–Crippen LogP) is 1.75. The summed E-state index contributed by atoms with van der Waals surface area (Å²) in [5, 5.41) is 36.6. The van der Waals surface area contributed by atoms with Crippen molar-refractivity contribution in [2.45, 2.75) is 25.0 Å². The first-order valence-corrected chi connectivity index (χ1v) is 8.82. The van der Waals surface area contributed by atoms with Crippen molar-refractivity contribution in [2.24, 2.45) is 0 Å². The van der Waals surface area contributed by atoms with Crippen LogP contribution >= 0.6 is 0 Å². The number of carbonyl (C=O) groups is 1. The molecule has 0 aliphatic carbocycles. The van der Waals surface area contributed by atoms with Crippen LogP contribution in [0.25, 0.3) is 10.9 Å². The summed E-state index contributed by atoms with van der Waals surface area (Å²) in [7, 11) is 1.61. The monoisotopic (exact) mass is 387 g/mol. The van der Waals surface area contributed by atoms with E-state index in [1.807, 2.05) is 48.5 Å². The summed E-state index contributed by atoms with van der Waals surface area (Å²) in [4.78, 5) is 13.5. The Balaban J connectivity index is 0.000000203. The number of methoxy groups -OCH3 is 1. The zero-order valence-corrected chi connectivity index (χ0v) is 15.6. The van der Waals surface area contributed by atoms with Crippen molar-refractivity contribution in [3.05, 3.63) is 65.9 Å². The maximum Gasteiger partial charge on any atom is 0.332 e. The van der Waals surface area contributed by atoms with Crippen molar-refractivity contribution < 1.29 is 30.0 Å². The second kappa shape index (κ2) is 10.5. The number of aromatic amines is 1. The molecule has 1 aromatic heterocycles. The van der Waals surface area contributed by atoms with Gasteiger partial charge in [-0.2, -0.15) is 0 Å². The van der Waals surface area contributed by atoms with E-state index in [1.165, 1.54) is 0 Å². The minimum atomic E-state index is -1.34. The van der Waals surface area contributed by atoms with E-state index in [0.717, 1.165) is 27.8 Å². The van der Waals surface area contributed by atoms with Gasteiger partial charge in [0, 0.05) is 29.9 Å². The lowest BCUT2D eigenvalue weighted by Gasteiger charge is -2.07. The van der Waals surface area contributed by atoms with Crippen LogP contribution in [0.3, 0.4) is 0 Å². The molecule has 0 aliphatic rings. The molecule has 0 saturated heterocycles. The van der Waals surface area contributed by atoms with Gasteiger partial charge in [-0.15, -0.1) is 0 Å². The summed E-state index contributed by atoms with van der Waals surface area (Å²) >= 11 is 0. The smallest absolute Gasteiger partial charge is 0.332 e. The number of hydrogen-bond acceptors (Lipinski definition) is 5. The molecular formula is C21H25NO6. The Kier molecular flexibility index (Phi) is 8.01. The van der Waals surface area contributed by atoms with Gasteiger partial charge in [-0.25, -0.2) is 4.79 Å². The fourth-order valence-electron chi connectivity index (χ4n) is 2.69. The highest BCUT2D eigenvalue weighted by atomic mass is 16.5. The number of fused-ring (bicyclic) bond motifs is 1. The number of rotatable bonds is 7. The van der Waals surface area contributed by atoms with Crippen LogP contribution in [0.1, 0.15) is 11.1 Å². The maximum atomic E-state index is 10.5. The number of aliphatic carboxylic acids is 1. The number of benzene rings is 2. The molecule has 2 unspecified atom stereocenters. The summed E-state index contributed by atoms with van der Waals surface area (Å²) < 4.78 is 4.99. The number of aliphatic hydroxyl groups excluding tert-OH is 3. The molecule has 0 radical (unpaired) electrons. The Morgan fingerprint density at radius 1 is 1.07 bits per heavy atom. The van der Waals surface area contributed by atoms with E-state index in [2.05, 4.69) is 4.98 Å². The van der Waals surface area contributed by atoms with E-state index in [4.69, 9.17) is 20.1 Å². The fourth-order valence-corrected chi connectivity index (χ4v) is 2.69. The molecule has 5 N–H and O–H groups in total. The van der Waals surface area contributed by atoms with Gasteiger partial charge in [0.05, 0.1) is 19.8 Å². The van der Waals surface area contributed by atoms with Crippen molar-refractivity contribution in [2.75, 3.05) is 13.7 Å². The molecular weight excluding hydrogens is 362 g/mol. The standard InChI is InChI=1S/C11H11NO3.C10H14O3/c13-10(11(14)15)5-7-6-12-9-4-2-1-3-8(7)9;1-13-10-4-2-8(3-5-10)6-9(12)7-11/h1-4,6,10,12-13H,5H2,(H,14,15);2-5,9,11-12H,6-7H2,1H3. The predicted molar refractivity (Wildman–Crippen MR) is 105 cm³/mol. The highest BCUT2D eigenvalue weighted by Gasteiger charge is 2.15. The fraction of sp³-hybridized carbons (Fsp3) is 0.286. The van der Waals surface area contributed by atoms with Crippen LogP contribution < -0.4 is 4.74 Å². The van der Waals surface area contributed by atoms with Gasteiger partial charge < -0.3 is 30.1 Å². The molecule has 7 nitrogen and oxygen atoms in total. The van der Waals surface area contributed by atoms with E-state index < -0.39 is 18.2 Å². The van der Waals surface area contributed by atoms with Crippen molar-refractivity contribution in [1.29, 1.82) is 0 Å². The van der Waals surface area contributed by atoms with Crippen LogP contribution in [0.15, 0.2) is 54.7 Å². The minimum Gasteiger partial charge on any atom is -0.497 e. The van der Waals surface area contributed by atoms with Crippen LogP contribution in [-0.2, 0) is 17.6 Å². The lowest BCUT2D eigenvalue weighted by molar-refractivity contribution is -0.146. The van der Waals surface area contributed by atoms with Crippen LogP contribution in [0.5, 0.6) is 5.75 Å². The van der Waals surface area contributed by atoms with Gasteiger partial charge in [0.15, 0.2) is 6.10 Å². The topological polar surface area (TPSA) is 123 Å². The number of aromatic nitrogens is 1. The van der Waals surface area contributed by atoms with E-state index >= 15 is 0 Å². The van der Waals surface area contributed by atoms with Crippen LogP contribution in [0.2, 0.25) is 0 Å². The first-order chi connectivity index (χ1) is 13.4. The number of aliphatic hydroxyl groups is 3. The van der Waals surface area contributed by atoms with Gasteiger partial charge in [0.1, 0.15) is 5.75 Å². The summed E-state index contributed by atoms with van der Waals surface area (Å²) in [6.07, 6.45) is 0.314.